The number of rotatable bonds is 4. The van der Waals surface area contributed by atoms with Crippen molar-refractivity contribution in [3.8, 4) is 0 Å². The van der Waals surface area contributed by atoms with Gasteiger partial charge in [-0.1, -0.05) is 46.1 Å². The standard InChI is InChI=1S/C15H13BrCl2FN/c1-2-20-15(11-8-10(19)4-5-13(11)16)12-7-9(17)3-6-14(12)18/h3-8,15,20H,2H2,1H3. The molecule has 2 aromatic rings. The average molecular weight is 377 g/mol. The molecule has 0 aliphatic carbocycles. The maximum Gasteiger partial charge on any atom is 0.123 e. The van der Waals surface area contributed by atoms with Gasteiger partial charge in [-0.3, -0.25) is 0 Å². The predicted molar refractivity (Wildman–Crippen MR) is 86.1 cm³/mol. The van der Waals surface area contributed by atoms with Crippen LogP contribution in [0, 0.1) is 5.82 Å². The molecule has 0 aromatic heterocycles. The summed E-state index contributed by atoms with van der Waals surface area (Å²) >= 11 is 15.8. The van der Waals surface area contributed by atoms with Crippen LogP contribution < -0.4 is 5.32 Å². The first-order valence-corrected chi connectivity index (χ1v) is 7.71. The van der Waals surface area contributed by atoms with Crippen LogP contribution in [0.3, 0.4) is 0 Å². The highest BCUT2D eigenvalue weighted by molar-refractivity contribution is 9.10. The normalized spacial score (nSPS) is 12.4. The van der Waals surface area contributed by atoms with E-state index in [1.807, 2.05) is 6.92 Å². The predicted octanol–water partition coefficient (Wildman–Crippen LogP) is 5.59. The molecule has 0 aliphatic rings. The second kappa shape index (κ2) is 6.90. The zero-order chi connectivity index (χ0) is 14.7. The van der Waals surface area contributed by atoms with Crippen molar-refractivity contribution in [3.05, 3.63) is 67.9 Å². The number of hydrogen-bond acceptors (Lipinski definition) is 1. The third-order valence-electron chi connectivity index (χ3n) is 2.95. The Labute approximate surface area is 136 Å². The van der Waals surface area contributed by atoms with Crippen molar-refractivity contribution in [3.63, 3.8) is 0 Å². The van der Waals surface area contributed by atoms with E-state index >= 15 is 0 Å². The molecule has 0 amide bonds. The molecule has 0 radical (unpaired) electrons. The van der Waals surface area contributed by atoms with E-state index in [0.717, 1.165) is 22.1 Å². The number of nitrogens with one attached hydrogen (secondary N) is 1. The molecular formula is C15H13BrCl2FN. The van der Waals surface area contributed by atoms with Crippen LogP contribution in [-0.4, -0.2) is 6.54 Å². The Morgan fingerprint density at radius 2 is 1.90 bits per heavy atom. The topological polar surface area (TPSA) is 12.0 Å². The Balaban J connectivity index is 2.55. The van der Waals surface area contributed by atoms with E-state index in [-0.39, 0.29) is 11.9 Å². The lowest BCUT2D eigenvalue weighted by atomic mass is 9.98. The molecule has 1 atom stereocenters. The van der Waals surface area contributed by atoms with Crippen LogP contribution >= 0.6 is 39.1 Å². The molecule has 0 saturated carbocycles. The minimum absolute atomic E-state index is 0.226. The molecule has 2 rings (SSSR count). The molecule has 0 fully saturated rings. The Morgan fingerprint density at radius 1 is 1.15 bits per heavy atom. The molecule has 0 spiro atoms. The molecule has 0 heterocycles. The van der Waals surface area contributed by atoms with Crippen molar-refractivity contribution in [1.82, 2.24) is 5.32 Å². The molecule has 0 bridgehead atoms. The summed E-state index contributed by atoms with van der Waals surface area (Å²) in [6, 6.07) is 9.65. The summed E-state index contributed by atoms with van der Waals surface area (Å²) in [6.07, 6.45) is 0. The highest BCUT2D eigenvalue weighted by atomic mass is 79.9. The summed E-state index contributed by atoms with van der Waals surface area (Å²) in [6.45, 7) is 2.70. The molecule has 1 N–H and O–H groups in total. The molecule has 2 aromatic carbocycles. The van der Waals surface area contributed by atoms with E-state index in [4.69, 9.17) is 23.2 Å². The summed E-state index contributed by atoms with van der Waals surface area (Å²) in [5.41, 5.74) is 1.61. The first kappa shape index (κ1) is 15.8. The molecule has 106 valence electrons. The largest absolute Gasteiger partial charge is 0.306 e. The van der Waals surface area contributed by atoms with Gasteiger partial charge in [0.15, 0.2) is 0 Å². The third kappa shape index (κ3) is 3.53. The summed E-state index contributed by atoms with van der Waals surface area (Å²) in [7, 11) is 0. The molecule has 20 heavy (non-hydrogen) atoms. The van der Waals surface area contributed by atoms with Crippen LogP contribution in [0.4, 0.5) is 4.39 Å². The van der Waals surface area contributed by atoms with Crippen molar-refractivity contribution >= 4 is 39.1 Å². The van der Waals surface area contributed by atoms with E-state index in [2.05, 4.69) is 21.2 Å². The second-order valence-corrected chi connectivity index (χ2v) is 6.02. The second-order valence-electron chi connectivity index (χ2n) is 4.32. The van der Waals surface area contributed by atoms with Gasteiger partial charge in [0.25, 0.3) is 0 Å². The van der Waals surface area contributed by atoms with Gasteiger partial charge in [-0.25, -0.2) is 4.39 Å². The average Bonchev–Trinajstić information content (AvgIpc) is 2.42. The van der Waals surface area contributed by atoms with Crippen LogP contribution in [0.2, 0.25) is 10.0 Å². The molecular weight excluding hydrogens is 364 g/mol. The van der Waals surface area contributed by atoms with Gasteiger partial charge >= 0.3 is 0 Å². The lowest BCUT2D eigenvalue weighted by molar-refractivity contribution is 0.601. The van der Waals surface area contributed by atoms with Crippen molar-refractivity contribution in [2.75, 3.05) is 6.54 Å². The summed E-state index contributed by atoms with van der Waals surface area (Å²) in [4.78, 5) is 0. The monoisotopic (exact) mass is 375 g/mol. The van der Waals surface area contributed by atoms with E-state index in [9.17, 15) is 4.39 Å². The van der Waals surface area contributed by atoms with Crippen molar-refractivity contribution in [2.24, 2.45) is 0 Å². The number of benzene rings is 2. The minimum Gasteiger partial charge on any atom is -0.306 e. The van der Waals surface area contributed by atoms with Gasteiger partial charge in [0.2, 0.25) is 0 Å². The summed E-state index contributed by atoms with van der Waals surface area (Å²) in [5, 5.41) is 4.50. The van der Waals surface area contributed by atoms with Crippen LogP contribution in [-0.2, 0) is 0 Å². The maximum absolute atomic E-state index is 13.5. The van der Waals surface area contributed by atoms with Crippen molar-refractivity contribution < 1.29 is 4.39 Å². The van der Waals surface area contributed by atoms with Crippen LogP contribution in [0.5, 0.6) is 0 Å². The Morgan fingerprint density at radius 3 is 2.60 bits per heavy atom. The molecule has 1 unspecified atom stereocenters. The Kier molecular flexibility index (Phi) is 5.44. The lowest BCUT2D eigenvalue weighted by Gasteiger charge is -2.21. The maximum atomic E-state index is 13.5. The number of halogens is 4. The zero-order valence-corrected chi connectivity index (χ0v) is 13.9. The quantitative estimate of drug-likeness (QED) is 0.732. The van der Waals surface area contributed by atoms with E-state index in [1.165, 1.54) is 12.1 Å². The summed E-state index contributed by atoms with van der Waals surface area (Å²) in [5.74, 6) is -0.288. The van der Waals surface area contributed by atoms with Crippen LogP contribution in [0.1, 0.15) is 24.1 Å². The van der Waals surface area contributed by atoms with Crippen molar-refractivity contribution in [1.29, 1.82) is 0 Å². The van der Waals surface area contributed by atoms with E-state index < -0.39 is 0 Å². The fraction of sp³-hybridized carbons (Fsp3) is 0.200. The lowest BCUT2D eigenvalue weighted by Crippen LogP contribution is -2.23. The van der Waals surface area contributed by atoms with Gasteiger partial charge in [-0.05, 0) is 54.1 Å². The van der Waals surface area contributed by atoms with Crippen LogP contribution in [0.15, 0.2) is 40.9 Å². The molecule has 5 heteroatoms. The SMILES string of the molecule is CCNC(c1cc(Cl)ccc1Cl)c1cc(F)ccc1Br. The highest BCUT2D eigenvalue weighted by Crippen LogP contribution is 2.34. The molecule has 0 aliphatic heterocycles. The molecule has 0 saturated heterocycles. The van der Waals surface area contributed by atoms with Gasteiger partial charge in [0.05, 0.1) is 6.04 Å². The summed E-state index contributed by atoms with van der Waals surface area (Å²) < 4.78 is 14.4. The Hall–Kier alpha value is -0.610. The Bertz CT molecular complexity index is 567. The zero-order valence-electron chi connectivity index (χ0n) is 10.8. The van der Waals surface area contributed by atoms with Gasteiger partial charge in [-0.2, -0.15) is 0 Å². The van der Waals surface area contributed by atoms with E-state index in [1.54, 1.807) is 24.3 Å². The van der Waals surface area contributed by atoms with Crippen LogP contribution in [0.25, 0.3) is 0 Å². The van der Waals surface area contributed by atoms with E-state index in [0.29, 0.717) is 10.0 Å². The first-order valence-electron chi connectivity index (χ1n) is 6.16. The van der Waals surface area contributed by atoms with Gasteiger partial charge < -0.3 is 5.32 Å². The van der Waals surface area contributed by atoms with Gasteiger partial charge in [0.1, 0.15) is 5.82 Å². The fourth-order valence-corrected chi connectivity index (χ4v) is 2.95. The highest BCUT2D eigenvalue weighted by Gasteiger charge is 2.19. The first-order chi connectivity index (χ1) is 9.52. The molecule has 1 nitrogen and oxygen atoms in total. The fourth-order valence-electron chi connectivity index (χ4n) is 2.06. The smallest absolute Gasteiger partial charge is 0.123 e. The minimum atomic E-state index is -0.288. The number of hydrogen-bond donors (Lipinski definition) is 1. The third-order valence-corrected chi connectivity index (χ3v) is 4.25. The van der Waals surface area contributed by atoms with Gasteiger partial charge in [0, 0.05) is 14.5 Å². The van der Waals surface area contributed by atoms with Gasteiger partial charge in [-0.15, -0.1) is 0 Å². The van der Waals surface area contributed by atoms with Crippen molar-refractivity contribution in [2.45, 2.75) is 13.0 Å².